The van der Waals surface area contributed by atoms with Crippen LogP contribution in [0.25, 0.3) is 0 Å². The lowest BCUT2D eigenvalue weighted by Gasteiger charge is -1.91. The number of nitrogens with zero attached hydrogens (tertiary/aromatic N) is 2. The Morgan fingerprint density at radius 1 is 1.19 bits per heavy atom. The number of benzene rings is 1. The summed E-state index contributed by atoms with van der Waals surface area (Å²) >= 11 is 0. The molecule has 0 aliphatic heterocycles. The molecule has 5 heteroatoms. The third-order valence-corrected chi connectivity index (χ3v) is 1.55. The molecule has 0 unspecified atom stereocenters. The SMILES string of the molecule is O=C(O)c1cccc(F)c1.c1cncnc1. The molecule has 0 spiro atoms. The Balaban J connectivity index is 0.000000181. The summed E-state index contributed by atoms with van der Waals surface area (Å²) in [4.78, 5) is 17.5. The molecular formula is C11H9FN2O2. The van der Waals surface area contributed by atoms with E-state index in [1.54, 1.807) is 18.5 Å². The first-order valence-electron chi connectivity index (χ1n) is 4.39. The number of halogens is 1. The zero-order valence-corrected chi connectivity index (χ0v) is 8.25. The Kier molecular flexibility index (Phi) is 4.59. The Morgan fingerprint density at radius 3 is 2.19 bits per heavy atom. The fourth-order valence-electron chi connectivity index (χ4n) is 0.875. The fourth-order valence-corrected chi connectivity index (χ4v) is 0.875. The Labute approximate surface area is 91.4 Å². The lowest BCUT2D eigenvalue weighted by molar-refractivity contribution is 0.0696. The lowest BCUT2D eigenvalue weighted by Crippen LogP contribution is -1.95. The number of carboxylic acid groups (broad SMARTS) is 1. The van der Waals surface area contributed by atoms with Gasteiger partial charge < -0.3 is 5.11 Å². The highest BCUT2D eigenvalue weighted by Crippen LogP contribution is 2.02. The van der Waals surface area contributed by atoms with E-state index < -0.39 is 11.8 Å². The molecule has 0 fully saturated rings. The maximum Gasteiger partial charge on any atom is 0.335 e. The third-order valence-electron chi connectivity index (χ3n) is 1.55. The maximum atomic E-state index is 12.3. The van der Waals surface area contributed by atoms with Gasteiger partial charge in [-0.15, -0.1) is 0 Å². The van der Waals surface area contributed by atoms with Gasteiger partial charge in [-0.25, -0.2) is 19.2 Å². The van der Waals surface area contributed by atoms with Crippen molar-refractivity contribution in [2.24, 2.45) is 0 Å². The first kappa shape index (κ1) is 11.8. The standard InChI is InChI=1S/C7H5FO2.C4H4N2/c8-6-3-1-2-5(4-6)7(9)10;1-2-5-4-6-3-1/h1-4H,(H,9,10);1-4H. The van der Waals surface area contributed by atoms with Gasteiger partial charge in [-0.2, -0.15) is 0 Å². The van der Waals surface area contributed by atoms with Crippen LogP contribution in [0.2, 0.25) is 0 Å². The predicted octanol–water partition coefficient (Wildman–Crippen LogP) is 2.00. The summed E-state index contributed by atoms with van der Waals surface area (Å²) in [6.07, 6.45) is 4.88. The van der Waals surface area contributed by atoms with E-state index in [9.17, 15) is 9.18 Å². The van der Waals surface area contributed by atoms with Gasteiger partial charge in [0.05, 0.1) is 5.56 Å². The van der Waals surface area contributed by atoms with Crippen LogP contribution in [-0.2, 0) is 0 Å². The number of rotatable bonds is 1. The smallest absolute Gasteiger partial charge is 0.335 e. The Morgan fingerprint density at radius 2 is 1.88 bits per heavy atom. The molecule has 0 saturated carbocycles. The Hall–Kier alpha value is -2.30. The van der Waals surface area contributed by atoms with Crippen molar-refractivity contribution >= 4 is 5.97 Å². The molecule has 0 aliphatic carbocycles. The normalized spacial score (nSPS) is 8.81. The summed E-state index contributed by atoms with van der Waals surface area (Å²) in [5.74, 6) is -1.64. The minimum atomic E-state index is -1.11. The zero-order chi connectivity index (χ0) is 11.8. The number of aromatic nitrogens is 2. The number of hydrogen-bond acceptors (Lipinski definition) is 3. The van der Waals surface area contributed by atoms with Crippen LogP contribution in [-0.4, -0.2) is 21.0 Å². The molecule has 0 aliphatic rings. The highest BCUT2D eigenvalue weighted by atomic mass is 19.1. The Bertz CT molecular complexity index is 422. The minimum absolute atomic E-state index is 0.0278. The van der Waals surface area contributed by atoms with Gasteiger partial charge in [0.1, 0.15) is 12.1 Å². The van der Waals surface area contributed by atoms with Crippen LogP contribution < -0.4 is 0 Å². The second-order valence-electron chi connectivity index (χ2n) is 2.72. The van der Waals surface area contributed by atoms with E-state index in [1.165, 1.54) is 24.5 Å². The van der Waals surface area contributed by atoms with Crippen LogP contribution in [0.15, 0.2) is 49.1 Å². The van der Waals surface area contributed by atoms with Crippen molar-refractivity contribution in [2.75, 3.05) is 0 Å². The summed E-state index contributed by atoms with van der Waals surface area (Å²) in [6, 6.07) is 6.65. The average Bonchev–Trinajstić information content (AvgIpc) is 2.32. The van der Waals surface area contributed by atoms with E-state index in [-0.39, 0.29) is 5.56 Å². The predicted molar refractivity (Wildman–Crippen MR) is 55.4 cm³/mol. The second-order valence-corrected chi connectivity index (χ2v) is 2.72. The molecule has 1 aromatic heterocycles. The molecule has 1 heterocycles. The molecule has 0 bridgehead atoms. The molecule has 1 N–H and O–H groups in total. The van der Waals surface area contributed by atoms with Crippen molar-refractivity contribution < 1.29 is 14.3 Å². The molecule has 0 saturated heterocycles. The largest absolute Gasteiger partial charge is 0.478 e. The highest BCUT2D eigenvalue weighted by Gasteiger charge is 2.01. The fraction of sp³-hybridized carbons (Fsp3) is 0. The van der Waals surface area contributed by atoms with Crippen molar-refractivity contribution in [3.63, 3.8) is 0 Å². The molecule has 4 nitrogen and oxygen atoms in total. The molecule has 82 valence electrons. The first-order valence-corrected chi connectivity index (χ1v) is 4.39. The van der Waals surface area contributed by atoms with Crippen molar-refractivity contribution in [1.82, 2.24) is 9.97 Å². The lowest BCUT2D eigenvalue weighted by atomic mass is 10.2. The topological polar surface area (TPSA) is 63.1 Å². The maximum absolute atomic E-state index is 12.3. The molecular weight excluding hydrogens is 211 g/mol. The zero-order valence-electron chi connectivity index (χ0n) is 8.25. The number of hydrogen-bond donors (Lipinski definition) is 1. The monoisotopic (exact) mass is 220 g/mol. The van der Waals surface area contributed by atoms with Gasteiger partial charge in [-0.3, -0.25) is 0 Å². The van der Waals surface area contributed by atoms with Crippen LogP contribution >= 0.6 is 0 Å². The molecule has 1 aromatic carbocycles. The number of carbonyl (C=O) groups is 1. The van der Waals surface area contributed by atoms with Crippen molar-refractivity contribution in [1.29, 1.82) is 0 Å². The van der Waals surface area contributed by atoms with E-state index in [1.807, 2.05) is 0 Å². The molecule has 2 aromatic rings. The van der Waals surface area contributed by atoms with Crippen LogP contribution in [0.1, 0.15) is 10.4 Å². The van der Waals surface area contributed by atoms with E-state index in [0.29, 0.717) is 0 Å². The van der Waals surface area contributed by atoms with Crippen LogP contribution in [0, 0.1) is 5.82 Å². The second kappa shape index (κ2) is 6.23. The van der Waals surface area contributed by atoms with E-state index in [4.69, 9.17) is 5.11 Å². The molecule has 0 atom stereocenters. The molecule has 16 heavy (non-hydrogen) atoms. The molecule has 2 rings (SSSR count). The summed E-state index contributed by atoms with van der Waals surface area (Å²) in [5, 5.41) is 8.34. The summed E-state index contributed by atoms with van der Waals surface area (Å²) in [5.41, 5.74) is -0.0278. The van der Waals surface area contributed by atoms with Crippen molar-refractivity contribution in [3.05, 3.63) is 60.4 Å². The summed E-state index contributed by atoms with van der Waals surface area (Å²) in [7, 11) is 0. The highest BCUT2D eigenvalue weighted by molar-refractivity contribution is 5.87. The van der Waals surface area contributed by atoms with Crippen molar-refractivity contribution in [2.45, 2.75) is 0 Å². The van der Waals surface area contributed by atoms with Crippen LogP contribution in [0.3, 0.4) is 0 Å². The van der Waals surface area contributed by atoms with Gasteiger partial charge in [-0.05, 0) is 24.3 Å². The number of carboxylic acids is 1. The molecule has 0 radical (unpaired) electrons. The first-order chi connectivity index (χ1) is 7.70. The van der Waals surface area contributed by atoms with Gasteiger partial charge in [0, 0.05) is 12.4 Å². The molecule has 0 amide bonds. The minimum Gasteiger partial charge on any atom is -0.478 e. The summed E-state index contributed by atoms with van der Waals surface area (Å²) < 4.78 is 12.3. The van der Waals surface area contributed by atoms with E-state index in [0.717, 1.165) is 6.07 Å². The summed E-state index contributed by atoms with van der Waals surface area (Å²) in [6.45, 7) is 0. The average molecular weight is 220 g/mol. The quantitative estimate of drug-likeness (QED) is 0.798. The van der Waals surface area contributed by atoms with Gasteiger partial charge in [0.2, 0.25) is 0 Å². The van der Waals surface area contributed by atoms with Gasteiger partial charge in [-0.1, -0.05) is 6.07 Å². The number of aromatic carboxylic acids is 1. The van der Waals surface area contributed by atoms with Crippen molar-refractivity contribution in [3.8, 4) is 0 Å². The van der Waals surface area contributed by atoms with Gasteiger partial charge in [0.15, 0.2) is 0 Å². The third kappa shape index (κ3) is 4.28. The van der Waals surface area contributed by atoms with Crippen LogP contribution in [0.5, 0.6) is 0 Å². The van der Waals surface area contributed by atoms with E-state index >= 15 is 0 Å². The van der Waals surface area contributed by atoms with E-state index in [2.05, 4.69) is 9.97 Å². The van der Waals surface area contributed by atoms with Gasteiger partial charge in [0.25, 0.3) is 0 Å². The van der Waals surface area contributed by atoms with Crippen LogP contribution in [0.4, 0.5) is 4.39 Å². The van der Waals surface area contributed by atoms with Gasteiger partial charge >= 0.3 is 5.97 Å².